The molecule has 1 aliphatic heterocycles. The summed E-state index contributed by atoms with van der Waals surface area (Å²) in [6.07, 6.45) is 2.55. The van der Waals surface area contributed by atoms with Crippen LogP contribution < -0.4 is 10.6 Å². The lowest BCUT2D eigenvalue weighted by molar-refractivity contribution is 0.0221. The molecule has 2 amide bonds. The maximum absolute atomic E-state index is 12.2. The van der Waals surface area contributed by atoms with Crippen molar-refractivity contribution in [3.05, 3.63) is 64.7 Å². The van der Waals surface area contributed by atoms with Gasteiger partial charge in [0.1, 0.15) is 5.60 Å². The number of urea groups is 1. The van der Waals surface area contributed by atoms with Crippen LogP contribution in [0, 0.1) is 0 Å². The minimum Gasteiger partial charge on any atom is -0.383 e. The van der Waals surface area contributed by atoms with Gasteiger partial charge in [-0.15, -0.1) is 0 Å². The van der Waals surface area contributed by atoms with Crippen molar-refractivity contribution in [2.75, 3.05) is 11.9 Å². The maximum atomic E-state index is 12.2. The fourth-order valence-corrected chi connectivity index (χ4v) is 3.73. The predicted octanol–water partition coefficient (Wildman–Crippen LogP) is 3.06. The summed E-state index contributed by atoms with van der Waals surface area (Å²) >= 11 is 0. The van der Waals surface area contributed by atoms with Gasteiger partial charge in [0.2, 0.25) is 0 Å². The highest BCUT2D eigenvalue weighted by molar-refractivity contribution is 5.89. The number of benzene rings is 2. The second kappa shape index (κ2) is 6.50. The highest BCUT2D eigenvalue weighted by atomic mass is 16.5. The van der Waals surface area contributed by atoms with E-state index in [0.717, 1.165) is 35.2 Å². The smallest absolute Gasteiger partial charge is 0.319 e. The number of aryl methyl sites for hydroxylation is 1. The van der Waals surface area contributed by atoms with Crippen molar-refractivity contribution >= 4 is 11.7 Å². The van der Waals surface area contributed by atoms with Crippen molar-refractivity contribution in [1.82, 2.24) is 5.32 Å². The summed E-state index contributed by atoms with van der Waals surface area (Å²) in [7, 11) is 0. The first-order chi connectivity index (χ1) is 12.1. The number of amides is 2. The molecule has 0 bridgehead atoms. The summed E-state index contributed by atoms with van der Waals surface area (Å²) < 4.78 is 5.39. The van der Waals surface area contributed by atoms with Gasteiger partial charge in [0, 0.05) is 5.69 Å². The van der Waals surface area contributed by atoms with Crippen LogP contribution in [0.2, 0.25) is 0 Å². The second-order valence-electron chi connectivity index (χ2n) is 6.83. The van der Waals surface area contributed by atoms with Crippen molar-refractivity contribution in [2.24, 2.45) is 0 Å². The molecule has 130 valence electrons. The highest BCUT2D eigenvalue weighted by Gasteiger charge is 2.34. The van der Waals surface area contributed by atoms with Gasteiger partial charge in [-0.05, 0) is 53.6 Å². The number of carbonyl (C=O) groups is 1. The predicted molar refractivity (Wildman–Crippen MR) is 95.2 cm³/mol. The topological polar surface area (TPSA) is 70.6 Å². The first kappa shape index (κ1) is 16.1. The monoisotopic (exact) mass is 338 g/mol. The highest BCUT2D eigenvalue weighted by Crippen LogP contribution is 2.34. The van der Waals surface area contributed by atoms with Crippen molar-refractivity contribution in [2.45, 2.75) is 38.1 Å². The summed E-state index contributed by atoms with van der Waals surface area (Å²) in [5.41, 5.74) is 4.10. The first-order valence-corrected chi connectivity index (χ1v) is 8.69. The Balaban J connectivity index is 1.41. The van der Waals surface area contributed by atoms with Crippen LogP contribution in [0.25, 0.3) is 0 Å². The van der Waals surface area contributed by atoms with E-state index in [9.17, 15) is 9.90 Å². The SMILES string of the molecule is O=C(NCC1(O)CCCc2ccccc21)Nc1ccc2c(c1)COC2. The number of aliphatic hydroxyl groups is 1. The molecule has 5 heteroatoms. The van der Waals surface area contributed by atoms with Gasteiger partial charge in [0.15, 0.2) is 0 Å². The standard InChI is InChI=1S/C20H22N2O3/c23-19(22-17-8-7-15-11-25-12-16(15)10-17)21-13-20(24)9-3-5-14-4-1-2-6-18(14)20/h1-2,4,6-8,10,24H,3,5,9,11-13H2,(H2,21,22,23). The van der Waals surface area contributed by atoms with E-state index in [-0.39, 0.29) is 12.6 Å². The van der Waals surface area contributed by atoms with E-state index in [2.05, 4.69) is 10.6 Å². The molecule has 1 heterocycles. The van der Waals surface area contributed by atoms with Gasteiger partial charge in [0.25, 0.3) is 0 Å². The first-order valence-electron chi connectivity index (χ1n) is 8.69. The van der Waals surface area contributed by atoms with Gasteiger partial charge in [-0.25, -0.2) is 4.79 Å². The van der Waals surface area contributed by atoms with Gasteiger partial charge in [-0.3, -0.25) is 0 Å². The van der Waals surface area contributed by atoms with Gasteiger partial charge in [0.05, 0.1) is 19.8 Å². The van der Waals surface area contributed by atoms with Crippen molar-refractivity contribution < 1.29 is 14.6 Å². The third kappa shape index (κ3) is 3.25. The van der Waals surface area contributed by atoms with Crippen molar-refractivity contribution in [1.29, 1.82) is 0 Å². The minimum absolute atomic E-state index is 0.198. The number of nitrogens with one attached hydrogen (secondary N) is 2. The zero-order chi connectivity index (χ0) is 17.3. The second-order valence-corrected chi connectivity index (χ2v) is 6.83. The molecule has 2 aromatic carbocycles. The lowest BCUT2D eigenvalue weighted by atomic mass is 9.79. The average molecular weight is 338 g/mol. The molecule has 1 unspecified atom stereocenters. The van der Waals surface area contributed by atoms with Crippen LogP contribution in [-0.2, 0) is 30.0 Å². The molecule has 0 radical (unpaired) electrons. The van der Waals surface area contributed by atoms with Gasteiger partial charge >= 0.3 is 6.03 Å². The number of hydrogen-bond acceptors (Lipinski definition) is 3. The van der Waals surface area contributed by atoms with Gasteiger partial charge < -0.3 is 20.5 Å². The number of fused-ring (bicyclic) bond motifs is 2. The van der Waals surface area contributed by atoms with Crippen LogP contribution in [0.1, 0.15) is 35.1 Å². The van der Waals surface area contributed by atoms with Crippen molar-refractivity contribution in [3.63, 3.8) is 0 Å². The van der Waals surface area contributed by atoms with E-state index in [4.69, 9.17) is 4.74 Å². The van der Waals surface area contributed by atoms with E-state index in [1.54, 1.807) is 0 Å². The van der Waals surface area contributed by atoms with Crippen LogP contribution in [0.15, 0.2) is 42.5 Å². The summed E-state index contributed by atoms with van der Waals surface area (Å²) in [5, 5.41) is 16.7. The van der Waals surface area contributed by atoms with E-state index in [1.165, 1.54) is 5.56 Å². The molecular formula is C20H22N2O3. The van der Waals surface area contributed by atoms with Gasteiger partial charge in [-0.2, -0.15) is 0 Å². The lowest BCUT2D eigenvalue weighted by Gasteiger charge is -2.34. The molecule has 25 heavy (non-hydrogen) atoms. The molecular weight excluding hydrogens is 316 g/mol. The summed E-state index contributed by atoms with van der Waals surface area (Å²) in [4.78, 5) is 12.2. The molecule has 2 aromatic rings. The Hall–Kier alpha value is -2.37. The van der Waals surface area contributed by atoms with Crippen LogP contribution >= 0.6 is 0 Å². The number of ether oxygens (including phenoxy) is 1. The Morgan fingerprint density at radius 1 is 1.12 bits per heavy atom. The van der Waals surface area contributed by atoms with Crippen LogP contribution in [-0.4, -0.2) is 17.7 Å². The molecule has 0 saturated carbocycles. The van der Waals surface area contributed by atoms with Crippen molar-refractivity contribution in [3.8, 4) is 0 Å². The van der Waals surface area contributed by atoms with Gasteiger partial charge in [-0.1, -0.05) is 30.3 Å². The third-order valence-corrected chi connectivity index (χ3v) is 5.08. The van der Waals surface area contributed by atoms with Crippen LogP contribution in [0.4, 0.5) is 10.5 Å². The molecule has 0 fully saturated rings. The molecule has 1 atom stereocenters. The Labute approximate surface area is 147 Å². The summed E-state index contributed by atoms with van der Waals surface area (Å²) in [6, 6.07) is 13.4. The molecule has 0 spiro atoms. The van der Waals surface area contributed by atoms with E-state index < -0.39 is 5.60 Å². The summed E-state index contributed by atoms with van der Waals surface area (Å²) in [6.45, 7) is 1.42. The van der Waals surface area contributed by atoms with Crippen LogP contribution in [0.5, 0.6) is 0 Å². The maximum Gasteiger partial charge on any atom is 0.319 e. The number of carbonyl (C=O) groups excluding carboxylic acids is 1. The molecule has 0 saturated heterocycles. The Kier molecular flexibility index (Phi) is 4.19. The Bertz CT molecular complexity index is 805. The molecule has 2 aliphatic rings. The molecule has 3 N–H and O–H groups in total. The zero-order valence-electron chi connectivity index (χ0n) is 14.0. The fraction of sp³-hybridized carbons (Fsp3) is 0.350. The third-order valence-electron chi connectivity index (χ3n) is 5.08. The van der Waals surface area contributed by atoms with E-state index in [1.807, 2.05) is 42.5 Å². The number of hydrogen-bond donors (Lipinski definition) is 3. The Morgan fingerprint density at radius 3 is 2.88 bits per heavy atom. The quantitative estimate of drug-likeness (QED) is 0.805. The lowest BCUT2D eigenvalue weighted by Crippen LogP contribution is -2.44. The van der Waals surface area contributed by atoms with E-state index >= 15 is 0 Å². The van der Waals surface area contributed by atoms with E-state index in [0.29, 0.717) is 19.6 Å². The average Bonchev–Trinajstić information content (AvgIpc) is 3.08. The minimum atomic E-state index is -1.00. The fourth-order valence-electron chi connectivity index (χ4n) is 3.73. The largest absolute Gasteiger partial charge is 0.383 e. The Morgan fingerprint density at radius 2 is 1.96 bits per heavy atom. The zero-order valence-corrected chi connectivity index (χ0v) is 14.0. The van der Waals surface area contributed by atoms with Crippen LogP contribution in [0.3, 0.4) is 0 Å². The molecule has 5 nitrogen and oxygen atoms in total. The number of anilines is 1. The molecule has 4 rings (SSSR count). The summed E-state index contributed by atoms with van der Waals surface area (Å²) in [5.74, 6) is 0. The number of rotatable bonds is 3. The normalized spacial score (nSPS) is 21.3. The molecule has 0 aromatic heterocycles. The molecule has 1 aliphatic carbocycles.